The van der Waals surface area contributed by atoms with E-state index in [1.807, 2.05) is 35.7 Å². The summed E-state index contributed by atoms with van der Waals surface area (Å²) in [5, 5.41) is 2.37. The number of amides is 1. The van der Waals surface area contributed by atoms with Gasteiger partial charge >= 0.3 is 5.97 Å². The Morgan fingerprint density at radius 3 is 2.61 bits per heavy atom. The maximum atomic E-state index is 13.2. The maximum absolute atomic E-state index is 13.2. The van der Waals surface area contributed by atoms with Crippen molar-refractivity contribution in [1.29, 1.82) is 0 Å². The Bertz CT molecular complexity index is 1150. The van der Waals surface area contributed by atoms with Gasteiger partial charge in [0.2, 0.25) is 11.7 Å². The van der Waals surface area contributed by atoms with Gasteiger partial charge in [0.15, 0.2) is 11.2 Å². The van der Waals surface area contributed by atoms with E-state index < -0.39 is 29.6 Å². The van der Waals surface area contributed by atoms with Crippen molar-refractivity contribution in [3.8, 4) is 11.3 Å². The molecule has 6 nitrogen and oxygen atoms in total. The smallest absolute Gasteiger partial charge is 0.312 e. The highest BCUT2D eigenvalue weighted by molar-refractivity contribution is 7.14. The number of carbonyl (C=O) groups is 3. The van der Waals surface area contributed by atoms with Crippen molar-refractivity contribution in [3.63, 3.8) is 0 Å². The zero-order valence-electron chi connectivity index (χ0n) is 17.4. The lowest BCUT2D eigenvalue weighted by atomic mass is 10.0. The summed E-state index contributed by atoms with van der Waals surface area (Å²) >= 11 is 7.13. The Labute approximate surface area is 199 Å². The number of alkyl halides is 1. The van der Waals surface area contributed by atoms with E-state index in [-0.39, 0.29) is 36.7 Å². The van der Waals surface area contributed by atoms with Gasteiger partial charge < -0.3 is 4.74 Å². The third-order valence-electron chi connectivity index (χ3n) is 5.30. The lowest BCUT2D eigenvalue weighted by molar-refractivity contribution is -0.151. The Hall–Kier alpha value is -3.10. The average Bonchev–Trinajstić information content (AvgIpc) is 3.46. The molecule has 0 N–H and O–H groups in total. The third-order valence-corrected chi connectivity index (χ3v) is 6.38. The van der Waals surface area contributed by atoms with Crippen molar-refractivity contribution in [2.24, 2.45) is 5.92 Å². The van der Waals surface area contributed by atoms with Gasteiger partial charge in [-0.15, -0.1) is 22.9 Å². The molecule has 1 aliphatic heterocycles. The molecule has 1 saturated heterocycles. The lowest BCUT2D eigenvalue weighted by Crippen LogP contribution is -2.32. The highest BCUT2D eigenvalue weighted by atomic mass is 35.5. The second-order valence-electron chi connectivity index (χ2n) is 7.56. The molecular weight excluding hydrogens is 467 g/mol. The molecule has 170 valence electrons. The normalized spacial score (nSPS) is 16.6. The third kappa shape index (κ3) is 5.29. The number of benzene rings is 2. The fourth-order valence-corrected chi connectivity index (χ4v) is 4.62. The number of nitrogens with zero attached hydrogens (tertiary/aromatic N) is 2. The van der Waals surface area contributed by atoms with Crippen LogP contribution in [-0.4, -0.2) is 41.2 Å². The molecule has 2 aromatic carbocycles. The number of esters is 1. The molecule has 33 heavy (non-hydrogen) atoms. The SMILES string of the molecule is O=C(O[C@@H](CCCl)C(=O)c1ccc(F)cc1)[C@H]1CC(=O)N(c2nc(-c3ccccc3)cs2)C1. The molecule has 4 rings (SSSR count). The van der Waals surface area contributed by atoms with E-state index in [4.69, 9.17) is 16.3 Å². The van der Waals surface area contributed by atoms with Crippen LogP contribution in [0, 0.1) is 11.7 Å². The molecule has 1 fully saturated rings. The minimum absolute atomic E-state index is 0.0303. The van der Waals surface area contributed by atoms with Gasteiger partial charge in [0.1, 0.15) is 5.82 Å². The summed E-state index contributed by atoms with van der Waals surface area (Å²) in [7, 11) is 0. The van der Waals surface area contributed by atoms with Crippen molar-refractivity contribution in [1.82, 2.24) is 4.98 Å². The zero-order chi connectivity index (χ0) is 23.4. The number of anilines is 1. The van der Waals surface area contributed by atoms with Crippen LogP contribution < -0.4 is 4.90 Å². The molecule has 0 aliphatic carbocycles. The highest BCUT2D eigenvalue weighted by Gasteiger charge is 2.39. The number of ketones is 1. The molecule has 1 aromatic heterocycles. The molecule has 2 heterocycles. The highest BCUT2D eigenvalue weighted by Crippen LogP contribution is 2.32. The Kier molecular flexibility index (Phi) is 7.15. The predicted molar refractivity (Wildman–Crippen MR) is 124 cm³/mol. The summed E-state index contributed by atoms with van der Waals surface area (Å²) < 4.78 is 18.6. The van der Waals surface area contributed by atoms with E-state index >= 15 is 0 Å². The fraction of sp³-hybridized carbons (Fsp3) is 0.250. The van der Waals surface area contributed by atoms with Gasteiger partial charge in [-0.1, -0.05) is 30.3 Å². The molecule has 0 bridgehead atoms. The maximum Gasteiger partial charge on any atom is 0.312 e. The number of rotatable bonds is 8. The number of hydrogen-bond acceptors (Lipinski definition) is 6. The first-order valence-electron chi connectivity index (χ1n) is 10.3. The standard InChI is InChI=1S/C24H20ClFN2O4S/c25-11-10-20(22(30)16-6-8-18(26)9-7-16)32-23(31)17-12-21(29)28(13-17)24-27-19(14-33-24)15-4-2-1-3-5-15/h1-9,14,17,20H,10-13H2/t17-,20-/m0/s1. The molecule has 0 unspecified atom stereocenters. The van der Waals surface area contributed by atoms with Crippen LogP contribution in [0.1, 0.15) is 23.2 Å². The van der Waals surface area contributed by atoms with Crippen molar-refractivity contribution >= 4 is 45.7 Å². The van der Waals surface area contributed by atoms with E-state index in [0.29, 0.717) is 5.13 Å². The van der Waals surface area contributed by atoms with Crippen LogP contribution in [-0.2, 0) is 14.3 Å². The van der Waals surface area contributed by atoms with Crippen LogP contribution in [0.2, 0.25) is 0 Å². The van der Waals surface area contributed by atoms with Crippen LogP contribution >= 0.6 is 22.9 Å². The van der Waals surface area contributed by atoms with Crippen molar-refractivity contribution in [2.45, 2.75) is 18.9 Å². The number of thiazole rings is 1. The van der Waals surface area contributed by atoms with Gasteiger partial charge in [0.25, 0.3) is 0 Å². The van der Waals surface area contributed by atoms with Gasteiger partial charge in [0.05, 0.1) is 11.6 Å². The zero-order valence-corrected chi connectivity index (χ0v) is 19.0. The molecule has 0 spiro atoms. The summed E-state index contributed by atoms with van der Waals surface area (Å²) in [5.74, 6) is -2.43. The molecule has 1 aliphatic rings. The molecule has 2 atom stereocenters. The van der Waals surface area contributed by atoms with Crippen LogP contribution in [0.3, 0.4) is 0 Å². The van der Waals surface area contributed by atoms with Gasteiger partial charge in [-0.3, -0.25) is 19.3 Å². The summed E-state index contributed by atoms with van der Waals surface area (Å²) in [5.41, 5.74) is 1.91. The molecule has 9 heteroatoms. The Balaban J connectivity index is 1.43. The molecule has 3 aromatic rings. The number of aromatic nitrogens is 1. The van der Waals surface area contributed by atoms with Gasteiger partial charge in [0, 0.05) is 41.8 Å². The largest absolute Gasteiger partial charge is 0.454 e. The van der Waals surface area contributed by atoms with Crippen molar-refractivity contribution in [2.75, 3.05) is 17.3 Å². The van der Waals surface area contributed by atoms with Crippen molar-refractivity contribution < 1.29 is 23.5 Å². The molecular formula is C24H20ClFN2O4S. The van der Waals surface area contributed by atoms with Gasteiger partial charge in [-0.2, -0.15) is 0 Å². The van der Waals surface area contributed by atoms with Gasteiger partial charge in [-0.25, -0.2) is 9.37 Å². The number of ether oxygens (including phenoxy) is 1. The summed E-state index contributed by atoms with van der Waals surface area (Å²) in [6.07, 6.45) is -1.02. The topological polar surface area (TPSA) is 76.6 Å². The lowest BCUT2D eigenvalue weighted by Gasteiger charge is -2.18. The second kappa shape index (κ2) is 10.2. The minimum atomic E-state index is -1.10. The minimum Gasteiger partial charge on any atom is -0.454 e. The Morgan fingerprint density at radius 2 is 1.91 bits per heavy atom. The summed E-state index contributed by atoms with van der Waals surface area (Å²) in [4.78, 5) is 44.1. The van der Waals surface area contributed by atoms with Crippen LogP contribution in [0.4, 0.5) is 9.52 Å². The van der Waals surface area contributed by atoms with E-state index in [0.717, 1.165) is 23.4 Å². The van der Waals surface area contributed by atoms with Crippen LogP contribution in [0.15, 0.2) is 60.0 Å². The Morgan fingerprint density at radius 1 is 1.18 bits per heavy atom. The van der Waals surface area contributed by atoms with E-state index in [1.165, 1.54) is 28.4 Å². The number of carbonyl (C=O) groups excluding carboxylic acids is 3. The van der Waals surface area contributed by atoms with Crippen LogP contribution in [0.5, 0.6) is 0 Å². The quantitative estimate of drug-likeness (QED) is 0.261. The number of halogens is 2. The first kappa shape index (κ1) is 23.1. The predicted octanol–water partition coefficient (Wildman–Crippen LogP) is 4.73. The van der Waals surface area contributed by atoms with E-state index in [1.54, 1.807) is 0 Å². The van der Waals surface area contributed by atoms with Gasteiger partial charge in [-0.05, 0) is 24.3 Å². The fourth-order valence-electron chi connectivity index (χ4n) is 3.56. The first-order chi connectivity index (χ1) is 16.0. The summed E-state index contributed by atoms with van der Waals surface area (Å²) in [6.45, 7) is 0.123. The molecule has 0 radical (unpaired) electrons. The number of Topliss-reactive ketones (excluding diaryl/α,β-unsaturated/α-hetero) is 1. The second-order valence-corrected chi connectivity index (χ2v) is 8.78. The van der Waals surface area contributed by atoms with E-state index in [2.05, 4.69) is 4.98 Å². The monoisotopic (exact) mass is 486 g/mol. The van der Waals surface area contributed by atoms with E-state index in [9.17, 15) is 18.8 Å². The number of hydrogen-bond donors (Lipinski definition) is 0. The first-order valence-corrected chi connectivity index (χ1v) is 11.7. The summed E-state index contributed by atoms with van der Waals surface area (Å²) in [6, 6.07) is 14.6. The van der Waals surface area contributed by atoms with Crippen LogP contribution in [0.25, 0.3) is 11.3 Å². The molecule has 1 amide bonds. The average molecular weight is 487 g/mol. The van der Waals surface area contributed by atoms with Crippen molar-refractivity contribution in [3.05, 3.63) is 71.4 Å². The molecule has 0 saturated carbocycles.